The van der Waals surface area contributed by atoms with E-state index in [0.29, 0.717) is 18.0 Å². The van der Waals surface area contributed by atoms with Gasteiger partial charge in [0.25, 0.3) is 0 Å². The van der Waals surface area contributed by atoms with E-state index >= 15 is 0 Å². The summed E-state index contributed by atoms with van der Waals surface area (Å²) in [4.78, 5) is 19.6. The predicted octanol–water partition coefficient (Wildman–Crippen LogP) is 4.56. The number of hydrogen-bond acceptors (Lipinski definition) is 4. The minimum absolute atomic E-state index is 0.0852. The van der Waals surface area contributed by atoms with Crippen LogP contribution in [0.4, 0.5) is 0 Å². The lowest BCUT2D eigenvalue weighted by Crippen LogP contribution is -2.15. The van der Waals surface area contributed by atoms with Crippen molar-refractivity contribution in [1.82, 2.24) is 9.97 Å². The topological polar surface area (TPSA) is 78.8 Å². The highest BCUT2D eigenvalue weighted by Gasteiger charge is 2.20. The van der Waals surface area contributed by atoms with E-state index in [1.807, 2.05) is 6.07 Å². The number of nitrogens with one attached hydrogen (secondary N) is 1. The van der Waals surface area contributed by atoms with Gasteiger partial charge in [-0.15, -0.1) is 0 Å². The highest BCUT2D eigenvalue weighted by atomic mass is 16.5. The van der Waals surface area contributed by atoms with Gasteiger partial charge >= 0.3 is 0 Å². The summed E-state index contributed by atoms with van der Waals surface area (Å²) in [6, 6.07) is 8.58. The monoisotopic (exact) mass is 375 g/mol. The van der Waals surface area contributed by atoms with Crippen LogP contribution in [0.15, 0.2) is 30.5 Å². The molecular weight excluding hydrogens is 350 g/mol. The van der Waals surface area contributed by atoms with E-state index in [1.165, 1.54) is 35.7 Å². The van der Waals surface area contributed by atoms with E-state index in [4.69, 9.17) is 10.00 Å². The molecule has 1 fully saturated rings. The lowest BCUT2D eigenvalue weighted by Gasteiger charge is -2.24. The number of hydrogen-bond donors (Lipinski definition) is 1. The van der Waals surface area contributed by atoms with Gasteiger partial charge in [-0.2, -0.15) is 5.26 Å². The molecule has 0 bridgehead atoms. The van der Waals surface area contributed by atoms with Crippen molar-refractivity contribution in [3.8, 4) is 6.07 Å². The number of Topliss-reactive ketones (excluding diaryl/α,β-unsaturated/α-hetero) is 1. The van der Waals surface area contributed by atoms with Crippen molar-refractivity contribution in [2.45, 2.75) is 50.9 Å². The molecule has 0 saturated carbocycles. The molecule has 0 amide bonds. The molecule has 28 heavy (non-hydrogen) atoms. The Labute approximate surface area is 165 Å². The normalized spacial score (nSPS) is 17.8. The highest BCUT2D eigenvalue weighted by Crippen LogP contribution is 2.34. The Morgan fingerprint density at radius 1 is 1.29 bits per heavy atom. The molecule has 1 aliphatic carbocycles. The van der Waals surface area contributed by atoms with Crippen molar-refractivity contribution in [2.24, 2.45) is 0 Å². The molecule has 144 valence electrons. The lowest BCUT2D eigenvalue weighted by molar-refractivity contribution is 0.0853. The summed E-state index contributed by atoms with van der Waals surface area (Å²) < 4.78 is 5.51. The summed E-state index contributed by atoms with van der Waals surface area (Å²) in [6.07, 6.45) is 10.8. The summed E-state index contributed by atoms with van der Waals surface area (Å²) in [5.74, 6) is 0.705. The van der Waals surface area contributed by atoms with E-state index in [0.717, 1.165) is 44.5 Å². The van der Waals surface area contributed by atoms with Gasteiger partial charge in [0.05, 0.1) is 6.20 Å². The summed E-state index contributed by atoms with van der Waals surface area (Å²) in [7, 11) is 0. The number of nitrogens with zero attached hydrogens (tertiary/aromatic N) is 2. The Morgan fingerprint density at radius 3 is 2.86 bits per heavy atom. The van der Waals surface area contributed by atoms with Gasteiger partial charge in [-0.25, -0.2) is 4.98 Å². The van der Waals surface area contributed by atoms with Crippen LogP contribution in [0.5, 0.6) is 0 Å². The third-order valence-corrected chi connectivity index (χ3v) is 5.77. The Hall–Kier alpha value is -2.71. The van der Waals surface area contributed by atoms with Crippen LogP contribution >= 0.6 is 0 Å². The van der Waals surface area contributed by atoms with Crippen molar-refractivity contribution in [3.63, 3.8) is 0 Å². The zero-order valence-electron chi connectivity index (χ0n) is 16.0. The first kappa shape index (κ1) is 18.6. The van der Waals surface area contributed by atoms with Gasteiger partial charge in [0.2, 0.25) is 5.78 Å². The summed E-state index contributed by atoms with van der Waals surface area (Å²) in [5, 5.41) is 8.94. The number of aromatic amines is 1. The van der Waals surface area contributed by atoms with Gasteiger partial charge < -0.3 is 9.72 Å². The van der Waals surface area contributed by atoms with Crippen LogP contribution in [0, 0.1) is 11.3 Å². The Balaban J connectivity index is 1.64. The third kappa shape index (κ3) is 4.07. The Bertz CT molecular complexity index is 930. The fraction of sp³-hybridized carbons (Fsp3) is 0.435. The van der Waals surface area contributed by atoms with Crippen molar-refractivity contribution in [3.05, 3.63) is 58.7 Å². The standard InChI is InChI=1S/C23H25N3O2/c24-14-20-15-25-23(26-20)22(27)13-19-7-6-18(16-8-10-28-11-9-16)12-21(19)17-4-2-1-3-5-17/h4,6-7,12,15-16H,1-3,5,8-11,13H2,(H,25,26). The molecule has 5 nitrogen and oxygen atoms in total. The van der Waals surface area contributed by atoms with Crippen LogP contribution in [-0.4, -0.2) is 29.0 Å². The Morgan fingerprint density at radius 2 is 2.14 bits per heavy atom. The molecule has 2 aromatic rings. The van der Waals surface area contributed by atoms with E-state index in [1.54, 1.807) is 0 Å². The third-order valence-electron chi connectivity index (χ3n) is 5.77. The van der Waals surface area contributed by atoms with Crippen LogP contribution in [0.2, 0.25) is 0 Å². The largest absolute Gasteiger partial charge is 0.381 e. The lowest BCUT2D eigenvalue weighted by atomic mass is 9.84. The number of carbonyl (C=O) groups excluding carboxylic acids is 1. The number of ether oxygens (including phenoxy) is 1. The first-order valence-corrected chi connectivity index (χ1v) is 10.1. The van der Waals surface area contributed by atoms with Crippen LogP contribution in [-0.2, 0) is 11.2 Å². The van der Waals surface area contributed by atoms with Crippen molar-refractivity contribution >= 4 is 11.4 Å². The summed E-state index contributed by atoms with van der Waals surface area (Å²) in [5.41, 5.74) is 5.28. The van der Waals surface area contributed by atoms with Crippen molar-refractivity contribution in [1.29, 1.82) is 5.26 Å². The number of aromatic nitrogens is 2. The predicted molar refractivity (Wildman–Crippen MR) is 107 cm³/mol. The molecule has 2 aliphatic rings. The smallest absolute Gasteiger partial charge is 0.202 e. The maximum Gasteiger partial charge on any atom is 0.202 e. The van der Waals surface area contributed by atoms with Crippen molar-refractivity contribution < 1.29 is 9.53 Å². The number of imidazole rings is 1. The Kier molecular flexibility index (Phi) is 5.68. The minimum Gasteiger partial charge on any atom is -0.381 e. The first-order chi connectivity index (χ1) is 13.7. The maximum atomic E-state index is 12.7. The fourth-order valence-corrected chi connectivity index (χ4v) is 4.19. The summed E-state index contributed by atoms with van der Waals surface area (Å²) in [6.45, 7) is 1.64. The quantitative estimate of drug-likeness (QED) is 0.777. The second-order valence-corrected chi connectivity index (χ2v) is 7.64. The number of allylic oxidation sites excluding steroid dienone is 2. The molecular formula is C23H25N3O2. The average Bonchev–Trinajstić information content (AvgIpc) is 3.25. The van der Waals surface area contributed by atoms with Crippen LogP contribution < -0.4 is 0 Å². The molecule has 0 unspecified atom stereocenters. The van der Waals surface area contributed by atoms with E-state index < -0.39 is 0 Å². The van der Waals surface area contributed by atoms with E-state index in [2.05, 4.69) is 34.2 Å². The van der Waals surface area contributed by atoms with Gasteiger partial charge in [0.15, 0.2) is 5.82 Å². The van der Waals surface area contributed by atoms with E-state index in [-0.39, 0.29) is 11.6 Å². The highest BCUT2D eigenvalue weighted by molar-refractivity contribution is 5.95. The van der Waals surface area contributed by atoms with Crippen LogP contribution in [0.1, 0.15) is 77.4 Å². The van der Waals surface area contributed by atoms with E-state index in [9.17, 15) is 4.79 Å². The molecule has 0 radical (unpaired) electrons. The second-order valence-electron chi connectivity index (χ2n) is 7.64. The van der Waals surface area contributed by atoms with Crippen LogP contribution in [0.3, 0.4) is 0 Å². The minimum atomic E-state index is -0.0852. The molecule has 4 rings (SSSR count). The van der Waals surface area contributed by atoms with Gasteiger partial charge in [-0.05, 0) is 66.7 Å². The number of H-pyrrole nitrogens is 1. The molecule has 1 aliphatic heterocycles. The second kappa shape index (κ2) is 8.53. The molecule has 0 atom stereocenters. The number of nitriles is 1. The molecule has 1 aromatic heterocycles. The maximum absolute atomic E-state index is 12.7. The number of carbonyl (C=O) groups is 1. The number of benzene rings is 1. The fourth-order valence-electron chi connectivity index (χ4n) is 4.19. The molecule has 1 N–H and O–H groups in total. The summed E-state index contributed by atoms with van der Waals surface area (Å²) >= 11 is 0. The molecule has 2 heterocycles. The van der Waals surface area contributed by atoms with Crippen LogP contribution in [0.25, 0.3) is 5.57 Å². The van der Waals surface area contributed by atoms with Gasteiger partial charge in [0.1, 0.15) is 11.8 Å². The first-order valence-electron chi connectivity index (χ1n) is 10.1. The van der Waals surface area contributed by atoms with Gasteiger partial charge in [-0.3, -0.25) is 4.79 Å². The molecule has 0 spiro atoms. The molecule has 1 aromatic carbocycles. The van der Waals surface area contributed by atoms with Gasteiger partial charge in [-0.1, -0.05) is 24.3 Å². The average molecular weight is 375 g/mol. The molecule has 5 heteroatoms. The van der Waals surface area contributed by atoms with Crippen molar-refractivity contribution in [2.75, 3.05) is 13.2 Å². The number of rotatable bonds is 5. The SMILES string of the molecule is N#Cc1cnc(C(=O)Cc2ccc(C3CCOCC3)cc2C2=CCCCC2)[nH]1. The van der Waals surface area contributed by atoms with Gasteiger partial charge in [0, 0.05) is 19.6 Å². The molecule has 1 saturated heterocycles. The zero-order valence-corrected chi connectivity index (χ0v) is 16.0. The zero-order chi connectivity index (χ0) is 19.3. The number of ketones is 1.